The summed E-state index contributed by atoms with van der Waals surface area (Å²) < 4.78 is 0. The van der Waals surface area contributed by atoms with Crippen molar-refractivity contribution in [1.82, 2.24) is 15.5 Å². The number of amides is 2. The first-order chi connectivity index (χ1) is 9.50. The van der Waals surface area contributed by atoms with E-state index < -0.39 is 11.6 Å². The Morgan fingerprint density at radius 2 is 1.95 bits per heavy atom. The molecule has 1 heterocycles. The Labute approximate surface area is 122 Å². The molecule has 2 N–H and O–H groups in total. The maximum atomic E-state index is 12.5. The lowest BCUT2D eigenvalue weighted by Crippen LogP contribution is -2.58. The highest BCUT2D eigenvalue weighted by molar-refractivity contribution is 5.92. The van der Waals surface area contributed by atoms with Gasteiger partial charge in [0, 0.05) is 13.1 Å². The van der Waals surface area contributed by atoms with Gasteiger partial charge in [-0.25, -0.2) is 0 Å². The standard InChI is InChI=1S/C15H29N3O2/c1-5-9-15(10-8-11-16-15)14(20)17-12(4)13(19)18(6-2)7-3/h12,16H,5-11H2,1-4H3,(H,17,20). The van der Waals surface area contributed by atoms with E-state index in [4.69, 9.17) is 0 Å². The second-order valence-electron chi connectivity index (χ2n) is 5.57. The number of nitrogens with one attached hydrogen (secondary N) is 2. The molecule has 0 saturated carbocycles. The van der Waals surface area contributed by atoms with Gasteiger partial charge in [-0.05, 0) is 46.6 Å². The molecule has 2 atom stereocenters. The summed E-state index contributed by atoms with van der Waals surface area (Å²) in [5, 5.41) is 6.24. The normalized spacial score (nSPS) is 23.4. The van der Waals surface area contributed by atoms with Gasteiger partial charge in [-0.1, -0.05) is 13.3 Å². The summed E-state index contributed by atoms with van der Waals surface area (Å²) in [6.45, 7) is 9.99. The molecule has 1 aliphatic rings. The highest BCUT2D eigenvalue weighted by Crippen LogP contribution is 2.25. The minimum atomic E-state index is -0.466. The molecule has 1 rings (SSSR count). The lowest BCUT2D eigenvalue weighted by Gasteiger charge is -2.30. The van der Waals surface area contributed by atoms with E-state index in [9.17, 15) is 9.59 Å². The molecule has 1 fully saturated rings. The fraction of sp³-hybridized carbons (Fsp3) is 0.867. The molecule has 2 unspecified atom stereocenters. The van der Waals surface area contributed by atoms with Crippen molar-refractivity contribution in [3.8, 4) is 0 Å². The van der Waals surface area contributed by atoms with Gasteiger partial charge in [0.2, 0.25) is 11.8 Å². The largest absolute Gasteiger partial charge is 0.343 e. The van der Waals surface area contributed by atoms with Gasteiger partial charge in [0.05, 0.1) is 5.54 Å². The smallest absolute Gasteiger partial charge is 0.244 e. The maximum absolute atomic E-state index is 12.5. The van der Waals surface area contributed by atoms with Gasteiger partial charge < -0.3 is 15.5 Å². The van der Waals surface area contributed by atoms with Crippen molar-refractivity contribution >= 4 is 11.8 Å². The van der Waals surface area contributed by atoms with Crippen LogP contribution in [0, 0.1) is 0 Å². The van der Waals surface area contributed by atoms with Gasteiger partial charge in [0.1, 0.15) is 6.04 Å². The van der Waals surface area contributed by atoms with Crippen molar-refractivity contribution in [1.29, 1.82) is 0 Å². The molecule has 0 aromatic carbocycles. The van der Waals surface area contributed by atoms with Crippen LogP contribution in [0.15, 0.2) is 0 Å². The number of hydrogen-bond acceptors (Lipinski definition) is 3. The third-order valence-electron chi connectivity index (χ3n) is 4.15. The summed E-state index contributed by atoms with van der Waals surface area (Å²) in [7, 11) is 0. The number of rotatable bonds is 7. The zero-order valence-corrected chi connectivity index (χ0v) is 13.3. The number of hydrogen-bond donors (Lipinski definition) is 2. The number of nitrogens with zero attached hydrogens (tertiary/aromatic N) is 1. The van der Waals surface area contributed by atoms with Crippen molar-refractivity contribution in [2.45, 2.75) is 65.0 Å². The number of carbonyl (C=O) groups is 2. The van der Waals surface area contributed by atoms with E-state index in [-0.39, 0.29) is 11.8 Å². The van der Waals surface area contributed by atoms with Crippen molar-refractivity contribution in [2.75, 3.05) is 19.6 Å². The van der Waals surface area contributed by atoms with E-state index in [0.29, 0.717) is 13.1 Å². The van der Waals surface area contributed by atoms with Crippen molar-refractivity contribution in [2.24, 2.45) is 0 Å². The minimum absolute atomic E-state index is 0.00649. The van der Waals surface area contributed by atoms with Crippen LogP contribution < -0.4 is 10.6 Å². The molecule has 0 spiro atoms. The zero-order valence-electron chi connectivity index (χ0n) is 13.3. The molecular weight excluding hydrogens is 254 g/mol. The van der Waals surface area contributed by atoms with Gasteiger partial charge >= 0.3 is 0 Å². The molecule has 5 nitrogen and oxygen atoms in total. The third-order valence-corrected chi connectivity index (χ3v) is 4.15. The van der Waals surface area contributed by atoms with Crippen molar-refractivity contribution in [3.05, 3.63) is 0 Å². The average molecular weight is 283 g/mol. The van der Waals surface area contributed by atoms with Gasteiger partial charge in [-0.15, -0.1) is 0 Å². The number of likely N-dealkylation sites (N-methyl/N-ethyl adjacent to an activating group) is 1. The highest BCUT2D eigenvalue weighted by Gasteiger charge is 2.40. The van der Waals surface area contributed by atoms with E-state index in [1.165, 1.54) is 0 Å². The highest BCUT2D eigenvalue weighted by atomic mass is 16.2. The van der Waals surface area contributed by atoms with Gasteiger partial charge in [-0.2, -0.15) is 0 Å². The van der Waals surface area contributed by atoms with Crippen LogP contribution in [-0.2, 0) is 9.59 Å². The molecule has 1 aliphatic heterocycles. The molecule has 0 radical (unpaired) electrons. The van der Waals surface area contributed by atoms with E-state index in [1.54, 1.807) is 11.8 Å². The Morgan fingerprint density at radius 3 is 2.40 bits per heavy atom. The average Bonchev–Trinajstić information content (AvgIpc) is 2.90. The molecular formula is C15H29N3O2. The second-order valence-corrected chi connectivity index (χ2v) is 5.57. The van der Waals surface area contributed by atoms with Crippen LogP contribution in [0.1, 0.15) is 53.4 Å². The van der Waals surface area contributed by atoms with Crippen LogP contribution in [0.5, 0.6) is 0 Å². The van der Waals surface area contributed by atoms with Crippen LogP contribution in [0.25, 0.3) is 0 Å². The monoisotopic (exact) mass is 283 g/mol. The molecule has 0 aromatic heterocycles. The van der Waals surface area contributed by atoms with Crippen LogP contribution in [-0.4, -0.2) is 47.9 Å². The molecule has 2 amide bonds. The maximum Gasteiger partial charge on any atom is 0.244 e. The SMILES string of the molecule is CCCC1(C(=O)NC(C)C(=O)N(CC)CC)CCCN1. The van der Waals surface area contributed by atoms with Gasteiger partial charge in [-0.3, -0.25) is 9.59 Å². The number of carbonyl (C=O) groups excluding carboxylic acids is 2. The summed E-state index contributed by atoms with van der Waals surface area (Å²) in [5.74, 6) is -0.0298. The summed E-state index contributed by atoms with van der Waals surface area (Å²) in [4.78, 5) is 26.5. The van der Waals surface area contributed by atoms with Crippen LogP contribution in [0.2, 0.25) is 0 Å². The van der Waals surface area contributed by atoms with Crippen molar-refractivity contribution in [3.63, 3.8) is 0 Å². The Hall–Kier alpha value is -1.10. The van der Waals surface area contributed by atoms with Gasteiger partial charge in [0.15, 0.2) is 0 Å². The lowest BCUT2D eigenvalue weighted by molar-refractivity contribution is -0.137. The van der Waals surface area contributed by atoms with E-state index in [2.05, 4.69) is 17.6 Å². The van der Waals surface area contributed by atoms with E-state index in [1.807, 2.05) is 13.8 Å². The summed E-state index contributed by atoms with van der Waals surface area (Å²) in [6.07, 6.45) is 3.66. The van der Waals surface area contributed by atoms with Crippen LogP contribution in [0.3, 0.4) is 0 Å². The summed E-state index contributed by atoms with van der Waals surface area (Å²) in [5.41, 5.74) is -0.466. The van der Waals surface area contributed by atoms with Crippen LogP contribution in [0.4, 0.5) is 0 Å². The second kappa shape index (κ2) is 7.62. The fourth-order valence-corrected chi connectivity index (χ4v) is 2.96. The predicted octanol–water partition coefficient (Wildman–Crippen LogP) is 1.28. The predicted molar refractivity (Wildman–Crippen MR) is 80.4 cm³/mol. The van der Waals surface area contributed by atoms with Gasteiger partial charge in [0.25, 0.3) is 0 Å². The zero-order chi connectivity index (χ0) is 15.2. The summed E-state index contributed by atoms with van der Waals surface area (Å²) in [6, 6.07) is -0.460. The molecule has 20 heavy (non-hydrogen) atoms. The first kappa shape index (κ1) is 17.0. The quantitative estimate of drug-likeness (QED) is 0.740. The Morgan fingerprint density at radius 1 is 1.30 bits per heavy atom. The molecule has 0 bridgehead atoms. The Bertz CT molecular complexity index is 334. The molecule has 5 heteroatoms. The molecule has 1 saturated heterocycles. The minimum Gasteiger partial charge on any atom is -0.343 e. The van der Waals surface area contributed by atoms with Crippen LogP contribution >= 0.6 is 0 Å². The fourth-order valence-electron chi connectivity index (χ4n) is 2.96. The summed E-state index contributed by atoms with van der Waals surface area (Å²) >= 11 is 0. The van der Waals surface area contributed by atoms with E-state index >= 15 is 0 Å². The first-order valence-corrected chi connectivity index (χ1v) is 7.85. The Kier molecular flexibility index (Phi) is 6.46. The Balaban J connectivity index is 2.66. The van der Waals surface area contributed by atoms with E-state index in [0.717, 1.165) is 32.2 Å². The molecule has 116 valence electrons. The first-order valence-electron chi connectivity index (χ1n) is 7.85. The topological polar surface area (TPSA) is 61.4 Å². The van der Waals surface area contributed by atoms with Crippen molar-refractivity contribution < 1.29 is 9.59 Å². The third kappa shape index (κ3) is 3.72. The molecule has 0 aromatic rings. The molecule has 0 aliphatic carbocycles. The lowest BCUT2D eigenvalue weighted by atomic mass is 9.90.